The molecule has 0 atom stereocenters. The molecule has 0 spiro atoms. The summed E-state index contributed by atoms with van der Waals surface area (Å²) in [4.78, 5) is 17.5. The van der Waals surface area contributed by atoms with Gasteiger partial charge < -0.3 is 9.32 Å². The van der Waals surface area contributed by atoms with Crippen LogP contribution in [0.2, 0.25) is 0 Å². The highest BCUT2D eigenvalue weighted by Gasteiger charge is 2.09. The molecular weight excluding hydrogens is 312 g/mol. The van der Waals surface area contributed by atoms with Crippen molar-refractivity contribution in [2.45, 2.75) is 13.5 Å². The van der Waals surface area contributed by atoms with Crippen molar-refractivity contribution in [3.8, 4) is 0 Å². The molecule has 0 aliphatic heterocycles. The number of nitrogens with one attached hydrogen (secondary N) is 1. The summed E-state index contributed by atoms with van der Waals surface area (Å²) in [5.74, 6) is 1.78. The normalized spacial score (nSPS) is 11.1. The Kier molecular flexibility index (Phi) is 4.16. The number of rotatable bonds is 4. The van der Waals surface area contributed by atoms with Crippen LogP contribution in [-0.4, -0.2) is 33.0 Å². The molecule has 0 aliphatic carbocycles. The van der Waals surface area contributed by atoms with Crippen molar-refractivity contribution in [1.82, 2.24) is 20.1 Å². The number of carbonyl (C=O) groups excluding carboxylic acids is 1. The molecule has 0 aliphatic rings. The topological polar surface area (TPSA) is 75.0 Å². The van der Waals surface area contributed by atoms with Crippen molar-refractivity contribution < 1.29 is 9.21 Å². The van der Waals surface area contributed by atoms with Crippen LogP contribution in [0.3, 0.4) is 0 Å². The zero-order chi connectivity index (χ0) is 13.8. The second kappa shape index (κ2) is 5.83. The molecule has 2 rings (SSSR count). The maximum Gasteiger partial charge on any atom is 0.246 e. The Morgan fingerprint density at radius 1 is 1.58 bits per heavy atom. The van der Waals surface area contributed by atoms with E-state index in [1.54, 1.807) is 25.3 Å². The van der Waals surface area contributed by atoms with Crippen molar-refractivity contribution in [3.05, 3.63) is 40.3 Å². The number of hydrogen-bond donors (Lipinski definition) is 1. The second-order valence-electron chi connectivity index (χ2n) is 4.01. The third-order valence-corrected chi connectivity index (χ3v) is 2.81. The number of nitrogens with zero attached hydrogens (tertiary/aromatic N) is 3. The largest absolute Gasteiger partial charge is 0.450 e. The summed E-state index contributed by atoms with van der Waals surface area (Å²) in [5, 5.41) is 6.72. The highest BCUT2D eigenvalue weighted by atomic mass is 79.9. The minimum absolute atomic E-state index is 0.144. The molecular formula is C12H13BrN4O2. The van der Waals surface area contributed by atoms with E-state index in [9.17, 15) is 4.79 Å². The van der Waals surface area contributed by atoms with Crippen LogP contribution in [0, 0.1) is 6.92 Å². The average Bonchev–Trinajstić information content (AvgIpc) is 2.95. The number of aromatic amines is 1. The summed E-state index contributed by atoms with van der Waals surface area (Å²) in [6.07, 6.45) is 3.07. The first kappa shape index (κ1) is 13.5. The van der Waals surface area contributed by atoms with Crippen LogP contribution in [0.4, 0.5) is 0 Å². The molecule has 100 valence electrons. The first-order valence-corrected chi connectivity index (χ1v) is 6.40. The molecule has 6 nitrogen and oxygen atoms in total. The highest BCUT2D eigenvalue weighted by Crippen LogP contribution is 2.15. The summed E-state index contributed by atoms with van der Waals surface area (Å²) in [7, 11) is 1.69. The maximum atomic E-state index is 11.9. The van der Waals surface area contributed by atoms with Gasteiger partial charge in [-0.15, -0.1) is 0 Å². The fraction of sp³-hybridized carbons (Fsp3) is 0.250. The SMILES string of the molecule is Cc1nc(CN(C)C(=O)C=Cc2ccc(Br)o2)n[nH]1. The predicted octanol–water partition coefficient (Wildman–Crippen LogP) is 2.14. The van der Waals surface area contributed by atoms with Gasteiger partial charge in [0, 0.05) is 13.1 Å². The highest BCUT2D eigenvalue weighted by molar-refractivity contribution is 9.10. The third kappa shape index (κ3) is 3.78. The van der Waals surface area contributed by atoms with Gasteiger partial charge in [0.1, 0.15) is 11.6 Å². The van der Waals surface area contributed by atoms with E-state index in [0.29, 0.717) is 22.8 Å². The monoisotopic (exact) mass is 324 g/mol. The Balaban J connectivity index is 1.94. The molecule has 1 N–H and O–H groups in total. The molecule has 0 bridgehead atoms. The van der Waals surface area contributed by atoms with E-state index in [1.807, 2.05) is 6.92 Å². The van der Waals surface area contributed by atoms with Gasteiger partial charge in [-0.3, -0.25) is 9.89 Å². The van der Waals surface area contributed by atoms with Gasteiger partial charge >= 0.3 is 0 Å². The van der Waals surface area contributed by atoms with Crippen molar-refractivity contribution in [3.63, 3.8) is 0 Å². The molecule has 1 amide bonds. The summed E-state index contributed by atoms with van der Waals surface area (Å²) in [6.45, 7) is 2.17. The van der Waals surface area contributed by atoms with Crippen molar-refractivity contribution in [1.29, 1.82) is 0 Å². The molecule has 7 heteroatoms. The molecule has 2 aromatic heterocycles. The van der Waals surface area contributed by atoms with E-state index < -0.39 is 0 Å². The Labute approximate surface area is 118 Å². The Hall–Kier alpha value is -1.89. The van der Waals surface area contributed by atoms with Gasteiger partial charge in [-0.05, 0) is 41.1 Å². The number of carbonyl (C=O) groups is 1. The molecule has 2 heterocycles. The molecule has 0 saturated carbocycles. The second-order valence-corrected chi connectivity index (χ2v) is 4.79. The van der Waals surface area contributed by atoms with Crippen molar-refractivity contribution in [2.75, 3.05) is 7.05 Å². The Morgan fingerprint density at radius 2 is 2.37 bits per heavy atom. The predicted molar refractivity (Wildman–Crippen MR) is 73.0 cm³/mol. The number of halogens is 1. The fourth-order valence-electron chi connectivity index (χ4n) is 1.45. The van der Waals surface area contributed by atoms with Gasteiger partial charge in [0.15, 0.2) is 10.5 Å². The van der Waals surface area contributed by atoms with Gasteiger partial charge in [-0.2, -0.15) is 5.10 Å². The van der Waals surface area contributed by atoms with Crippen molar-refractivity contribution in [2.24, 2.45) is 0 Å². The van der Waals surface area contributed by atoms with Crippen LogP contribution in [-0.2, 0) is 11.3 Å². The van der Waals surface area contributed by atoms with Crippen LogP contribution in [0.25, 0.3) is 6.08 Å². The van der Waals surface area contributed by atoms with E-state index in [-0.39, 0.29) is 5.91 Å². The maximum absolute atomic E-state index is 11.9. The number of likely N-dealkylation sites (N-methyl/N-ethyl adjacent to an activating group) is 1. The lowest BCUT2D eigenvalue weighted by Gasteiger charge is -2.11. The standard InChI is InChI=1S/C12H13BrN4O2/c1-8-14-11(16-15-8)7-17(2)12(18)6-4-9-3-5-10(13)19-9/h3-6H,7H2,1-2H3,(H,14,15,16). The zero-order valence-corrected chi connectivity index (χ0v) is 12.1. The zero-order valence-electron chi connectivity index (χ0n) is 10.6. The first-order valence-electron chi connectivity index (χ1n) is 5.61. The van der Waals surface area contributed by atoms with Crippen LogP contribution in [0.1, 0.15) is 17.4 Å². The molecule has 19 heavy (non-hydrogen) atoms. The minimum Gasteiger partial charge on any atom is -0.450 e. The summed E-state index contributed by atoms with van der Waals surface area (Å²) >= 11 is 3.20. The average molecular weight is 325 g/mol. The fourth-order valence-corrected chi connectivity index (χ4v) is 1.77. The summed E-state index contributed by atoms with van der Waals surface area (Å²) < 4.78 is 5.89. The first-order chi connectivity index (χ1) is 9.04. The van der Waals surface area contributed by atoms with Crippen LogP contribution in [0.15, 0.2) is 27.3 Å². The van der Waals surface area contributed by atoms with Crippen LogP contribution >= 0.6 is 15.9 Å². The van der Waals surface area contributed by atoms with Gasteiger partial charge in [-0.1, -0.05) is 0 Å². The molecule has 2 aromatic rings. The number of hydrogen-bond acceptors (Lipinski definition) is 4. The lowest BCUT2D eigenvalue weighted by atomic mass is 10.3. The van der Waals surface area contributed by atoms with Gasteiger partial charge in [0.05, 0.1) is 6.54 Å². The number of furan rings is 1. The van der Waals surface area contributed by atoms with E-state index >= 15 is 0 Å². The molecule has 0 fully saturated rings. The molecule has 0 radical (unpaired) electrons. The van der Waals surface area contributed by atoms with E-state index in [0.717, 1.165) is 5.82 Å². The summed E-state index contributed by atoms with van der Waals surface area (Å²) in [5.41, 5.74) is 0. The number of aromatic nitrogens is 3. The molecule has 0 aromatic carbocycles. The Bertz CT molecular complexity index is 602. The summed E-state index contributed by atoms with van der Waals surface area (Å²) in [6, 6.07) is 3.54. The molecule has 0 saturated heterocycles. The van der Waals surface area contributed by atoms with Crippen molar-refractivity contribution >= 4 is 27.9 Å². The van der Waals surface area contributed by atoms with Gasteiger partial charge in [0.25, 0.3) is 0 Å². The van der Waals surface area contributed by atoms with Crippen LogP contribution < -0.4 is 0 Å². The third-order valence-electron chi connectivity index (χ3n) is 2.38. The van der Waals surface area contributed by atoms with Gasteiger partial charge in [-0.25, -0.2) is 4.98 Å². The molecule has 0 unspecified atom stereocenters. The lowest BCUT2D eigenvalue weighted by Crippen LogP contribution is -2.24. The Morgan fingerprint density at radius 3 is 2.95 bits per heavy atom. The van der Waals surface area contributed by atoms with E-state index in [2.05, 4.69) is 31.1 Å². The van der Waals surface area contributed by atoms with E-state index in [4.69, 9.17) is 4.42 Å². The van der Waals surface area contributed by atoms with E-state index in [1.165, 1.54) is 11.0 Å². The van der Waals surface area contributed by atoms with Crippen LogP contribution in [0.5, 0.6) is 0 Å². The number of H-pyrrole nitrogens is 1. The van der Waals surface area contributed by atoms with Gasteiger partial charge in [0.2, 0.25) is 5.91 Å². The lowest BCUT2D eigenvalue weighted by molar-refractivity contribution is -0.125. The smallest absolute Gasteiger partial charge is 0.246 e. The minimum atomic E-state index is -0.144. The quantitative estimate of drug-likeness (QED) is 0.874. The number of amides is 1. The number of aryl methyl sites for hydroxylation is 1.